The van der Waals surface area contributed by atoms with Crippen LogP contribution >= 0.6 is 0 Å². The highest BCUT2D eigenvalue weighted by molar-refractivity contribution is 6.08. The number of alkyl halides is 2. The molecule has 2 N–H and O–H groups in total. The van der Waals surface area contributed by atoms with Crippen molar-refractivity contribution < 1.29 is 22.8 Å². The van der Waals surface area contributed by atoms with E-state index in [0.29, 0.717) is 45.7 Å². The van der Waals surface area contributed by atoms with Gasteiger partial charge in [0.1, 0.15) is 11.5 Å². The van der Waals surface area contributed by atoms with Crippen LogP contribution in [0.25, 0.3) is 28.1 Å². The van der Waals surface area contributed by atoms with Crippen molar-refractivity contribution in [1.29, 1.82) is 0 Å². The third kappa shape index (κ3) is 4.99. The summed E-state index contributed by atoms with van der Waals surface area (Å²) in [6, 6.07) is 11.9. The van der Waals surface area contributed by atoms with E-state index in [1.807, 2.05) is 19.2 Å². The zero-order chi connectivity index (χ0) is 30.6. The molecular weight excluding hydrogens is 571 g/mol. The van der Waals surface area contributed by atoms with Gasteiger partial charge in [0.25, 0.3) is 5.91 Å². The fraction of sp³-hybridized carbons (Fsp3) is 0.281. The summed E-state index contributed by atoms with van der Waals surface area (Å²) in [5.41, 5.74) is 4.04. The van der Waals surface area contributed by atoms with Crippen LogP contribution < -0.4 is 10.2 Å². The largest absolute Gasteiger partial charge is 0.348 e. The van der Waals surface area contributed by atoms with Gasteiger partial charge in [0.15, 0.2) is 5.82 Å². The van der Waals surface area contributed by atoms with Crippen molar-refractivity contribution in [2.45, 2.75) is 44.6 Å². The van der Waals surface area contributed by atoms with Crippen LogP contribution in [0.4, 0.5) is 18.9 Å². The van der Waals surface area contributed by atoms with Crippen molar-refractivity contribution in [1.82, 2.24) is 30.0 Å². The first-order chi connectivity index (χ1) is 21.2. The Kier molecular flexibility index (Phi) is 6.71. The van der Waals surface area contributed by atoms with Crippen molar-refractivity contribution in [3.63, 3.8) is 0 Å². The van der Waals surface area contributed by atoms with Crippen LogP contribution in [0.3, 0.4) is 0 Å². The number of nitrogens with one attached hydrogen (secondary N) is 2. The van der Waals surface area contributed by atoms with Gasteiger partial charge < -0.3 is 15.2 Å². The normalized spacial score (nSPS) is 19.2. The van der Waals surface area contributed by atoms with Gasteiger partial charge in [0, 0.05) is 60.5 Å². The van der Waals surface area contributed by atoms with Crippen LogP contribution in [0, 0.1) is 18.7 Å². The summed E-state index contributed by atoms with van der Waals surface area (Å²) >= 11 is 0. The standard InChI is InChI=1S/C32H28F3N7O2/c1-18-9-15-42(40-18)21-5-2-19(3-6-21)30(43)39-26-8-11-32(34,35)17-24(26)31(44)41-14-10-22-27(29-36-12-13-37-29)38-25-7-4-20(33)16-23(25)28(22)41/h2-7,9,12-13,15-16,24,26H,8,10-11,14,17H2,1H3,(H,36,37)(H,39,43). The van der Waals surface area contributed by atoms with Gasteiger partial charge in [-0.15, -0.1) is 0 Å². The number of hydrogen-bond acceptors (Lipinski definition) is 5. The van der Waals surface area contributed by atoms with Crippen LogP contribution in [0.15, 0.2) is 67.1 Å². The number of benzene rings is 2. The van der Waals surface area contributed by atoms with Crippen molar-refractivity contribution in [3.05, 3.63) is 89.8 Å². The quantitative estimate of drug-likeness (QED) is 0.282. The minimum atomic E-state index is -3.07. The molecule has 44 heavy (non-hydrogen) atoms. The molecule has 2 unspecified atom stereocenters. The lowest BCUT2D eigenvalue weighted by Gasteiger charge is -2.37. The summed E-state index contributed by atoms with van der Waals surface area (Å²) in [5.74, 6) is -5.28. The molecular formula is C32H28F3N7O2. The van der Waals surface area contributed by atoms with Crippen molar-refractivity contribution >= 4 is 28.4 Å². The number of pyridine rings is 1. The minimum absolute atomic E-state index is 0.0656. The number of aromatic amines is 1. The van der Waals surface area contributed by atoms with E-state index >= 15 is 0 Å². The van der Waals surface area contributed by atoms with Crippen molar-refractivity contribution in [2.24, 2.45) is 5.92 Å². The molecule has 2 aliphatic rings. The Morgan fingerprint density at radius 2 is 1.93 bits per heavy atom. The zero-order valence-corrected chi connectivity index (χ0v) is 23.7. The second-order valence-corrected chi connectivity index (χ2v) is 11.4. The molecule has 2 atom stereocenters. The average molecular weight is 600 g/mol. The Labute approximate surface area is 250 Å². The van der Waals surface area contributed by atoms with Gasteiger partial charge in [-0.25, -0.2) is 27.8 Å². The maximum Gasteiger partial charge on any atom is 0.251 e. The summed E-state index contributed by atoms with van der Waals surface area (Å²) in [6.07, 6.45) is 4.21. The second kappa shape index (κ2) is 10.6. The number of rotatable bonds is 5. The number of nitrogens with zero attached hydrogens (tertiary/aromatic N) is 5. The lowest BCUT2D eigenvalue weighted by Crippen LogP contribution is -2.52. The molecule has 2 aromatic carbocycles. The van der Waals surface area contributed by atoms with Gasteiger partial charge in [-0.1, -0.05) is 0 Å². The number of hydrogen-bond donors (Lipinski definition) is 2. The molecule has 1 saturated carbocycles. The van der Waals surface area contributed by atoms with Gasteiger partial charge in [-0.3, -0.25) is 9.59 Å². The molecule has 0 spiro atoms. The first-order valence-corrected chi connectivity index (χ1v) is 14.4. The second-order valence-electron chi connectivity index (χ2n) is 11.4. The van der Waals surface area contributed by atoms with Gasteiger partial charge in [0.05, 0.1) is 28.5 Å². The maximum atomic E-state index is 14.8. The highest BCUT2D eigenvalue weighted by atomic mass is 19.3. The van der Waals surface area contributed by atoms with Crippen LogP contribution in [0.2, 0.25) is 0 Å². The number of fused-ring (bicyclic) bond motifs is 3. The molecule has 9 nitrogen and oxygen atoms in total. The summed E-state index contributed by atoms with van der Waals surface area (Å²) in [7, 11) is 0. The average Bonchev–Trinajstić information content (AvgIpc) is 3.79. The predicted octanol–water partition coefficient (Wildman–Crippen LogP) is 5.38. The Morgan fingerprint density at radius 1 is 1.11 bits per heavy atom. The first kappa shape index (κ1) is 27.8. The van der Waals surface area contributed by atoms with Gasteiger partial charge in [-0.05, 0) is 68.3 Å². The maximum absolute atomic E-state index is 14.8. The Bertz CT molecular complexity index is 1890. The number of imidazole rings is 1. The van der Waals surface area contributed by atoms with E-state index in [4.69, 9.17) is 4.98 Å². The number of carbonyl (C=O) groups is 2. The van der Waals surface area contributed by atoms with Gasteiger partial charge in [0.2, 0.25) is 11.8 Å². The molecule has 224 valence electrons. The Balaban J connectivity index is 1.20. The van der Waals surface area contributed by atoms with E-state index in [-0.39, 0.29) is 13.0 Å². The molecule has 1 aliphatic heterocycles. The smallest absolute Gasteiger partial charge is 0.251 e. The Morgan fingerprint density at radius 3 is 2.66 bits per heavy atom. The van der Waals surface area contributed by atoms with Crippen LogP contribution in [-0.2, 0) is 11.2 Å². The van der Waals surface area contributed by atoms with E-state index in [1.54, 1.807) is 41.3 Å². The molecule has 4 heterocycles. The van der Waals surface area contributed by atoms with E-state index in [0.717, 1.165) is 11.4 Å². The lowest BCUT2D eigenvalue weighted by molar-refractivity contribution is -0.131. The molecule has 5 aromatic rings. The summed E-state index contributed by atoms with van der Waals surface area (Å²) in [4.78, 5) is 41.0. The summed E-state index contributed by atoms with van der Waals surface area (Å²) in [6.45, 7) is 2.08. The zero-order valence-electron chi connectivity index (χ0n) is 23.7. The number of amides is 2. The van der Waals surface area contributed by atoms with Crippen LogP contribution in [0.5, 0.6) is 0 Å². The highest BCUT2D eigenvalue weighted by Gasteiger charge is 2.47. The molecule has 0 bridgehead atoms. The third-order valence-corrected chi connectivity index (χ3v) is 8.44. The third-order valence-electron chi connectivity index (χ3n) is 8.44. The number of aryl methyl sites for hydroxylation is 1. The van der Waals surface area contributed by atoms with Gasteiger partial charge >= 0.3 is 0 Å². The molecule has 7 rings (SSSR count). The highest BCUT2D eigenvalue weighted by Crippen LogP contribution is 2.43. The Hall–Kier alpha value is -5.00. The SMILES string of the molecule is Cc1ccn(-c2ccc(C(=O)NC3CCC(F)(F)CC3C(=O)N3CCc4c(-c5ncc[nH]5)nc5ccc(F)cc5c43)cc2)n1. The first-order valence-electron chi connectivity index (χ1n) is 14.4. The van der Waals surface area contributed by atoms with E-state index in [2.05, 4.69) is 20.4 Å². The van der Waals surface area contributed by atoms with Gasteiger partial charge in [-0.2, -0.15) is 5.10 Å². The number of halogens is 3. The molecule has 12 heteroatoms. The van der Waals surface area contributed by atoms with Crippen molar-refractivity contribution in [3.8, 4) is 17.2 Å². The molecule has 0 saturated heterocycles. The van der Waals surface area contributed by atoms with E-state index < -0.39 is 48.4 Å². The number of carbonyl (C=O) groups excluding carboxylic acids is 2. The number of H-pyrrole nitrogens is 1. The fourth-order valence-electron chi connectivity index (χ4n) is 6.29. The molecule has 3 aromatic heterocycles. The lowest BCUT2D eigenvalue weighted by atomic mass is 9.81. The summed E-state index contributed by atoms with van der Waals surface area (Å²) < 4.78 is 45.8. The molecule has 2 amide bonds. The molecule has 1 aliphatic carbocycles. The molecule has 1 fully saturated rings. The molecule has 0 radical (unpaired) electrons. The monoisotopic (exact) mass is 599 g/mol. The topological polar surface area (TPSA) is 109 Å². The van der Waals surface area contributed by atoms with Crippen LogP contribution in [-0.4, -0.2) is 55.1 Å². The minimum Gasteiger partial charge on any atom is -0.348 e. The fourth-order valence-corrected chi connectivity index (χ4v) is 6.29. The number of aromatic nitrogens is 5. The number of anilines is 1. The van der Waals surface area contributed by atoms with E-state index in [1.165, 1.54) is 23.1 Å². The van der Waals surface area contributed by atoms with E-state index in [9.17, 15) is 22.8 Å². The van der Waals surface area contributed by atoms with Crippen LogP contribution in [0.1, 0.15) is 40.9 Å². The summed E-state index contributed by atoms with van der Waals surface area (Å²) in [5, 5.41) is 7.64. The van der Waals surface area contributed by atoms with Crippen molar-refractivity contribution in [2.75, 3.05) is 11.4 Å². The predicted molar refractivity (Wildman–Crippen MR) is 157 cm³/mol.